The SMILES string of the molecule is CCc1ccc(Oc2ccc(Oc3ccc(CC)cc3)cc2)cc1. The first-order valence-electron chi connectivity index (χ1n) is 8.40. The molecule has 2 heteroatoms. The van der Waals surface area contributed by atoms with E-state index in [-0.39, 0.29) is 0 Å². The van der Waals surface area contributed by atoms with E-state index in [0.717, 1.165) is 35.8 Å². The number of hydrogen-bond donors (Lipinski definition) is 0. The van der Waals surface area contributed by atoms with Crippen LogP contribution in [-0.2, 0) is 12.8 Å². The molecule has 24 heavy (non-hydrogen) atoms. The summed E-state index contributed by atoms with van der Waals surface area (Å²) in [5.41, 5.74) is 2.61. The van der Waals surface area contributed by atoms with E-state index in [1.807, 2.05) is 48.5 Å². The van der Waals surface area contributed by atoms with Gasteiger partial charge < -0.3 is 9.47 Å². The van der Waals surface area contributed by atoms with Crippen LogP contribution in [0, 0.1) is 0 Å². The average molecular weight is 318 g/mol. The lowest BCUT2D eigenvalue weighted by Gasteiger charge is -2.09. The van der Waals surface area contributed by atoms with Crippen molar-refractivity contribution in [3.63, 3.8) is 0 Å². The second-order valence-corrected chi connectivity index (χ2v) is 5.67. The van der Waals surface area contributed by atoms with Gasteiger partial charge in [-0.3, -0.25) is 0 Å². The summed E-state index contributed by atoms with van der Waals surface area (Å²) < 4.78 is 11.7. The van der Waals surface area contributed by atoms with Gasteiger partial charge in [0.15, 0.2) is 0 Å². The minimum Gasteiger partial charge on any atom is -0.457 e. The van der Waals surface area contributed by atoms with Gasteiger partial charge in [0.1, 0.15) is 23.0 Å². The van der Waals surface area contributed by atoms with Gasteiger partial charge in [0.2, 0.25) is 0 Å². The minimum absolute atomic E-state index is 0.799. The fourth-order valence-corrected chi connectivity index (χ4v) is 2.43. The van der Waals surface area contributed by atoms with Gasteiger partial charge in [0.25, 0.3) is 0 Å². The maximum Gasteiger partial charge on any atom is 0.127 e. The fourth-order valence-electron chi connectivity index (χ4n) is 2.43. The molecule has 0 aliphatic heterocycles. The molecule has 0 fully saturated rings. The van der Waals surface area contributed by atoms with Crippen molar-refractivity contribution in [2.75, 3.05) is 0 Å². The zero-order valence-electron chi connectivity index (χ0n) is 14.2. The first-order chi connectivity index (χ1) is 11.8. The van der Waals surface area contributed by atoms with Gasteiger partial charge in [0, 0.05) is 0 Å². The Hall–Kier alpha value is -2.74. The Morgan fingerprint density at radius 3 is 0.958 bits per heavy atom. The molecule has 2 nitrogen and oxygen atoms in total. The normalized spacial score (nSPS) is 10.4. The highest BCUT2D eigenvalue weighted by atomic mass is 16.5. The lowest BCUT2D eigenvalue weighted by Crippen LogP contribution is -1.87. The van der Waals surface area contributed by atoms with Gasteiger partial charge >= 0.3 is 0 Å². The van der Waals surface area contributed by atoms with Gasteiger partial charge in [-0.05, 0) is 72.5 Å². The van der Waals surface area contributed by atoms with Crippen molar-refractivity contribution in [2.24, 2.45) is 0 Å². The molecule has 0 radical (unpaired) electrons. The summed E-state index contributed by atoms with van der Waals surface area (Å²) in [6.45, 7) is 4.29. The summed E-state index contributed by atoms with van der Waals surface area (Å²) >= 11 is 0. The van der Waals surface area contributed by atoms with Crippen molar-refractivity contribution < 1.29 is 9.47 Å². The third kappa shape index (κ3) is 4.17. The highest BCUT2D eigenvalue weighted by molar-refractivity contribution is 5.38. The van der Waals surface area contributed by atoms with E-state index >= 15 is 0 Å². The minimum atomic E-state index is 0.799. The van der Waals surface area contributed by atoms with Crippen LogP contribution in [0.3, 0.4) is 0 Å². The lowest BCUT2D eigenvalue weighted by atomic mass is 10.2. The van der Waals surface area contributed by atoms with E-state index < -0.39 is 0 Å². The maximum atomic E-state index is 5.86. The van der Waals surface area contributed by atoms with E-state index in [1.165, 1.54) is 11.1 Å². The quantitative estimate of drug-likeness (QED) is 0.524. The molecule has 3 aromatic rings. The summed E-state index contributed by atoms with van der Waals surface area (Å²) in [6.07, 6.45) is 2.07. The molecule has 0 saturated carbocycles. The van der Waals surface area contributed by atoms with Crippen LogP contribution < -0.4 is 9.47 Å². The Bertz CT molecular complexity index is 688. The number of hydrogen-bond acceptors (Lipinski definition) is 2. The van der Waals surface area contributed by atoms with E-state index in [2.05, 4.69) is 38.1 Å². The maximum absolute atomic E-state index is 5.86. The third-order valence-electron chi connectivity index (χ3n) is 3.96. The van der Waals surface area contributed by atoms with Gasteiger partial charge in [-0.25, -0.2) is 0 Å². The highest BCUT2D eigenvalue weighted by Gasteiger charge is 2.01. The van der Waals surface area contributed by atoms with E-state index in [0.29, 0.717) is 0 Å². The highest BCUT2D eigenvalue weighted by Crippen LogP contribution is 2.27. The number of ether oxygens (including phenoxy) is 2. The second kappa shape index (κ2) is 7.69. The van der Waals surface area contributed by atoms with Gasteiger partial charge in [-0.2, -0.15) is 0 Å². The Morgan fingerprint density at radius 1 is 0.458 bits per heavy atom. The van der Waals surface area contributed by atoms with Crippen LogP contribution in [0.1, 0.15) is 25.0 Å². The lowest BCUT2D eigenvalue weighted by molar-refractivity contribution is 0.469. The van der Waals surface area contributed by atoms with E-state index in [1.54, 1.807) is 0 Å². The summed E-state index contributed by atoms with van der Waals surface area (Å²) in [7, 11) is 0. The molecule has 0 saturated heterocycles. The molecule has 0 unspecified atom stereocenters. The van der Waals surface area contributed by atoms with Gasteiger partial charge in [-0.15, -0.1) is 0 Å². The average Bonchev–Trinajstić information content (AvgIpc) is 2.65. The topological polar surface area (TPSA) is 18.5 Å². The number of benzene rings is 3. The molecule has 0 N–H and O–H groups in total. The zero-order valence-corrected chi connectivity index (χ0v) is 14.2. The van der Waals surface area contributed by atoms with Gasteiger partial charge in [-0.1, -0.05) is 38.1 Å². The molecule has 0 heterocycles. The predicted molar refractivity (Wildman–Crippen MR) is 98.2 cm³/mol. The Morgan fingerprint density at radius 2 is 0.708 bits per heavy atom. The van der Waals surface area contributed by atoms with Gasteiger partial charge in [0.05, 0.1) is 0 Å². The molecule has 3 rings (SSSR count). The third-order valence-corrected chi connectivity index (χ3v) is 3.96. The van der Waals surface area contributed by atoms with Crippen molar-refractivity contribution in [3.8, 4) is 23.0 Å². The predicted octanol–water partition coefficient (Wildman–Crippen LogP) is 6.40. The smallest absolute Gasteiger partial charge is 0.127 e. The largest absolute Gasteiger partial charge is 0.457 e. The Labute approximate surface area is 143 Å². The molecule has 0 atom stereocenters. The van der Waals surface area contributed by atoms with E-state index in [4.69, 9.17) is 9.47 Å². The van der Waals surface area contributed by atoms with Crippen molar-refractivity contribution in [2.45, 2.75) is 26.7 Å². The summed E-state index contributed by atoms with van der Waals surface area (Å²) in [4.78, 5) is 0. The van der Waals surface area contributed by atoms with Crippen molar-refractivity contribution in [1.29, 1.82) is 0 Å². The summed E-state index contributed by atoms with van der Waals surface area (Å²) in [5, 5.41) is 0. The molecule has 3 aromatic carbocycles. The molecule has 0 amide bonds. The molecular formula is C22H22O2. The van der Waals surface area contributed by atoms with Crippen LogP contribution in [0.25, 0.3) is 0 Å². The first-order valence-corrected chi connectivity index (χ1v) is 8.40. The van der Waals surface area contributed by atoms with Crippen LogP contribution in [-0.4, -0.2) is 0 Å². The molecule has 0 spiro atoms. The monoisotopic (exact) mass is 318 g/mol. The van der Waals surface area contributed by atoms with Crippen molar-refractivity contribution in [3.05, 3.63) is 83.9 Å². The molecule has 122 valence electrons. The van der Waals surface area contributed by atoms with Crippen LogP contribution in [0.5, 0.6) is 23.0 Å². The number of aryl methyl sites for hydroxylation is 2. The van der Waals surface area contributed by atoms with Crippen LogP contribution in [0.4, 0.5) is 0 Å². The molecule has 0 aromatic heterocycles. The van der Waals surface area contributed by atoms with Crippen molar-refractivity contribution >= 4 is 0 Å². The van der Waals surface area contributed by atoms with Crippen LogP contribution in [0.15, 0.2) is 72.8 Å². The Kier molecular flexibility index (Phi) is 5.17. The fraction of sp³-hybridized carbons (Fsp3) is 0.182. The van der Waals surface area contributed by atoms with Crippen LogP contribution in [0.2, 0.25) is 0 Å². The second-order valence-electron chi connectivity index (χ2n) is 5.67. The molecular weight excluding hydrogens is 296 g/mol. The molecule has 0 aliphatic carbocycles. The van der Waals surface area contributed by atoms with E-state index in [9.17, 15) is 0 Å². The standard InChI is InChI=1S/C22H22O2/c1-3-17-5-9-19(10-6-17)23-21-13-15-22(16-14-21)24-20-11-7-18(4-2)8-12-20/h5-16H,3-4H2,1-2H3. The summed E-state index contributed by atoms with van der Waals surface area (Å²) in [5.74, 6) is 3.29. The molecule has 0 bridgehead atoms. The zero-order chi connectivity index (χ0) is 16.8. The molecule has 0 aliphatic rings. The first kappa shape index (κ1) is 16.1. The summed E-state index contributed by atoms with van der Waals surface area (Å²) in [6, 6.07) is 24.0. The number of rotatable bonds is 6. The van der Waals surface area contributed by atoms with Crippen molar-refractivity contribution in [1.82, 2.24) is 0 Å². The Balaban J connectivity index is 1.63. The van der Waals surface area contributed by atoms with Crippen LogP contribution >= 0.6 is 0 Å².